The normalized spacial score (nSPS) is 23.3. The number of ether oxygens (including phenoxy) is 1. The van der Waals surface area contributed by atoms with Gasteiger partial charge >= 0.3 is 0 Å². The second kappa shape index (κ2) is 6.84. The molecule has 0 aromatic heterocycles. The van der Waals surface area contributed by atoms with Gasteiger partial charge < -0.3 is 20.5 Å². The average molecular weight is 268 g/mol. The number of aliphatic hydroxyl groups is 1. The zero-order chi connectivity index (χ0) is 13.7. The molecule has 4 nitrogen and oxygen atoms in total. The number of rotatable bonds is 5. The number of aliphatic hydroxyl groups excluding tert-OH is 1. The molecule has 0 amide bonds. The highest BCUT2D eigenvalue weighted by molar-refractivity contribution is 5.51. The fourth-order valence-corrected chi connectivity index (χ4v) is 2.32. The first kappa shape index (κ1) is 14.2. The van der Waals surface area contributed by atoms with Gasteiger partial charge in [0.05, 0.1) is 25.4 Å². The summed E-state index contributed by atoms with van der Waals surface area (Å²) < 4.78 is 19.4. The van der Waals surface area contributed by atoms with E-state index in [4.69, 9.17) is 9.84 Å². The third-order valence-corrected chi connectivity index (χ3v) is 3.49. The summed E-state index contributed by atoms with van der Waals surface area (Å²) in [4.78, 5) is 0. The SMILES string of the molecule is CNc1cccc(F)c1CC[C@@H]1CN[C@H](CO)CO1. The highest BCUT2D eigenvalue weighted by atomic mass is 19.1. The number of benzene rings is 1. The van der Waals surface area contributed by atoms with Gasteiger partial charge in [-0.1, -0.05) is 6.07 Å². The molecule has 1 aromatic carbocycles. The van der Waals surface area contributed by atoms with Crippen LogP contribution in [-0.2, 0) is 11.2 Å². The van der Waals surface area contributed by atoms with E-state index in [1.165, 1.54) is 6.07 Å². The van der Waals surface area contributed by atoms with Crippen LogP contribution in [0.4, 0.5) is 10.1 Å². The van der Waals surface area contributed by atoms with E-state index in [1.807, 2.05) is 6.07 Å². The number of anilines is 1. The standard InChI is InChI=1S/C14H21FN2O2/c1-16-14-4-2-3-13(15)12(14)6-5-11-7-17-10(8-18)9-19-11/h2-4,10-11,16-18H,5-9H2,1H3/t10-,11-/m1/s1. The third kappa shape index (κ3) is 3.65. The van der Waals surface area contributed by atoms with Crippen LogP contribution < -0.4 is 10.6 Å². The van der Waals surface area contributed by atoms with E-state index in [9.17, 15) is 4.39 Å². The van der Waals surface area contributed by atoms with Crippen LogP contribution in [0.5, 0.6) is 0 Å². The van der Waals surface area contributed by atoms with Crippen molar-refractivity contribution in [2.45, 2.75) is 25.0 Å². The summed E-state index contributed by atoms with van der Waals surface area (Å²) >= 11 is 0. The Morgan fingerprint density at radius 2 is 2.37 bits per heavy atom. The van der Waals surface area contributed by atoms with Gasteiger partial charge in [-0.2, -0.15) is 0 Å². The second-order valence-corrected chi connectivity index (χ2v) is 4.80. The summed E-state index contributed by atoms with van der Waals surface area (Å²) in [6.07, 6.45) is 1.48. The number of hydrogen-bond donors (Lipinski definition) is 3. The van der Waals surface area contributed by atoms with Crippen LogP contribution >= 0.6 is 0 Å². The van der Waals surface area contributed by atoms with Gasteiger partial charge in [0.1, 0.15) is 5.82 Å². The molecule has 2 atom stereocenters. The van der Waals surface area contributed by atoms with Crippen molar-refractivity contribution in [1.82, 2.24) is 5.32 Å². The third-order valence-electron chi connectivity index (χ3n) is 3.49. The molecule has 19 heavy (non-hydrogen) atoms. The number of morpholine rings is 1. The van der Waals surface area contributed by atoms with E-state index < -0.39 is 0 Å². The van der Waals surface area contributed by atoms with Gasteiger partial charge in [-0.15, -0.1) is 0 Å². The van der Waals surface area contributed by atoms with Gasteiger partial charge in [0.25, 0.3) is 0 Å². The molecule has 5 heteroatoms. The lowest BCUT2D eigenvalue weighted by Crippen LogP contribution is -2.48. The summed E-state index contributed by atoms with van der Waals surface area (Å²) in [6, 6.07) is 5.09. The van der Waals surface area contributed by atoms with E-state index >= 15 is 0 Å². The van der Waals surface area contributed by atoms with E-state index in [0.717, 1.165) is 12.1 Å². The van der Waals surface area contributed by atoms with Crippen LogP contribution in [0.1, 0.15) is 12.0 Å². The Hall–Kier alpha value is -1.17. The van der Waals surface area contributed by atoms with Crippen molar-refractivity contribution in [2.24, 2.45) is 0 Å². The fraction of sp³-hybridized carbons (Fsp3) is 0.571. The Bertz CT molecular complexity index is 406. The van der Waals surface area contributed by atoms with Crippen LogP contribution in [-0.4, -0.2) is 44.1 Å². The second-order valence-electron chi connectivity index (χ2n) is 4.80. The lowest BCUT2D eigenvalue weighted by atomic mass is 10.0. The minimum Gasteiger partial charge on any atom is -0.395 e. The molecule has 1 aromatic rings. The first-order valence-corrected chi connectivity index (χ1v) is 6.65. The van der Waals surface area contributed by atoms with Gasteiger partial charge in [-0.05, 0) is 25.0 Å². The number of halogens is 1. The quantitative estimate of drug-likeness (QED) is 0.750. The first-order chi connectivity index (χ1) is 9.24. The Labute approximate surface area is 113 Å². The molecule has 0 radical (unpaired) electrons. The summed E-state index contributed by atoms with van der Waals surface area (Å²) in [5.41, 5.74) is 1.54. The molecule has 1 saturated heterocycles. The molecular weight excluding hydrogens is 247 g/mol. The fourth-order valence-electron chi connectivity index (χ4n) is 2.32. The lowest BCUT2D eigenvalue weighted by Gasteiger charge is -2.29. The minimum atomic E-state index is -0.177. The predicted octanol–water partition coefficient (Wildman–Crippen LogP) is 1.15. The smallest absolute Gasteiger partial charge is 0.128 e. The van der Waals surface area contributed by atoms with Crippen molar-refractivity contribution >= 4 is 5.69 Å². The van der Waals surface area contributed by atoms with Crippen LogP contribution in [0.3, 0.4) is 0 Å². The molecular formula is C14H21FN2O2. The molecule has 0 unspecified atom stereocenters. The van der Waals surface area contributed by atoms with Crippen LogP contribution in [0, 0.1) is 5.82 Å². The highest BCUT2D eigenvalue weighted by Gasteiger charge is 2.20. The number of nitrogens with one attached hydrogen (secondary N) is 2. The average Bonchev–Trinajstić information content (AvgIpc) is 2.46. The zero-order valence-electron chi connectivity index (χ0n) is 11.2. The van der Waals surface area contributed by atoms with Crippen molar-refractivity contribution in [1.29, 1.82) is 0 Å². The van der Waals surface area contributed by atoms with Gasteiger partial charge in [0, 0.05) is 24.8 Å². The monoisotopic (exact) mass is 268 g/mol. The van der Waals surface area contributed by atoms with Crippen molar-refractivity contribution in [2.75, 3.05) is 32.1 Å². The summed E-state index contributed by atoms with van der Waals surface area (Å²) in [5, 5.41) is 15.2. The van der Waals surface area contributed by atoms with E-state index in [-0.39, 0.29) is 24.6 Å². The van der Waals surface area contributed by atoms with Crippen molar-refractivity contribution in [3.63, 3.8) is 0 Å². The van der Waals surface area contributed by atoms with Crippen LogP contribution in [0.2, 0.25) is 0 Å². The Kier molecular flexibility index (Phi) is 5.13. The van der Waals surface area contributed by atoms with Crippen molar-refractivity contribution in [3.8, 4) is 0 Å². The molecule has 1 fully saturated rings. The van der Waals surface area contributed by atoms with Gasteiger partial charge in [0.15, 0.2) is 0 Å². The molecule has 0 saturated carbocycles. The molecule has 3 N–H and O–H groups in total. The summed E-state index contributed by atoms with van der Waals surface area (Å²) in [5.74, 6) is -0.177. The first-order valence-electron chi connectivity index (χ1n) is 6.65. The van der Waals surface area contributed by atoms with E-state index in [0.29, 0.717) is 25.1 Å². The van der Waals surface area contributed by atoms with E-state index in [1.54, 1.807) is 13.1 Å². The minimum absolute atomic E-state index is 0.0255. The maximum Gasteiger partial charge on any atom is 0.128 e. The molecule has 0 spiro atoms. The predicted molar refractivity (Wildman–Crippen MR) is 72.9 cm³/mol. The molecule has 106 valence electrons. The molecule has 2 rings (SSSR count). The topological polar surface area (TPSA) is 53.5 Å². The van der Waals surface area contributed by atoms with E-state index in [2.05, 4.69) is 10.6 Å². The number of hydrogen-bond acceptors (Lipinski definition) is 4. The highest BCUT2D eigenvalue weighted by Crippen LogP contribution is 2.21. The van der Waals surface area contributed by atoms with Gasteiger partial charge in [-0.25, -0.2) is 4.39 Å². The molecule has 1 aliphatic heterocycles. The van der Waals surface area contributed by atoms with Crippen molar-refractivity contribution < 1.29 is 14.2 Å². The van der Waals surface area contributed by atoms with Gasteiger partial charge in [-0.3, -0.25) is 0 Å². The largest absolute Gasteiger partial charge is 0.395 e. The zero-order valence-corrected chi connectivity index (χ0v) is 11.2. The molecule has 0 aliphatic carbocycles. The maximum absolute atomic E-state index is 13.8. The molecule has 1 heterocycles. The van der Waals surface area contributed by atoms with Crippen molar-refractivity contribution in [3.05, 3.63) is 29.6 Å². The Balaban J connectivity index is 1.89. The van der Waals surface area contributed by atoms with Crippen LogP contribution in [0.15, 0.2) is 18.2 Å². The van der Waals surface area contributed by atoms with Crippen LogP contribution in [0.25, 0.3) is 0 Å². The summed E-state index contributed by atoms with van der Waals surface area (Å²) in [7, 11) is 1.79. The van der Waals surface area contributed by atoms with Gasteiger partial charge in [0.2, 0.25) is 0 Å². The Morgan fingerprint density at radius 1 is 1.53 bits per heavy atom. The molecule has 0 bridgehead atoms. The maximum atomic E-state index is 13.8. The summed E-state index contributed by atoms with van der Waals surface area (Å²) in [6.45, 7) is 1.30. The Morgan fingerprint density at radius 3 is 3.00 bits per heavy atom. The molecule has 1 aliphatic rings. The lowest BCUT2D eigenvalue weighted by molar-refractivity contribution is -0.0118.